The summed E-state index contributed by atoms with van der Waals surface area (Å²) in [6, 6.07) is 17.1. The zero-order valence-electron chi connectivity index (χ0n) is 18.9. The number of fused-ring (bicyclic) bond motifs is 1. The molecule has 0 saturated heterocycles. The first kappa shape index (κ1) is 22.9. The van der Waals surface area contributed by atoms with E-state index in [-0.39, 0.29) is 28.0 Å². The zero-order chi connectivity index (χ0) is 25.1. The van der Waals surface area contributed by atoms with Gasteiger partial charge in [0.15, 0.2) is 43.6 Å². The van der Waals surface area contributed by atoms with Gasteiger partial charge in [-0.25, -0.2) is 23.4 Å². The van der Waals surface area contributed by atoms with Gasteiger partial charge in [0.05, 0.1) is 23.0 Å². The number of nitriles is 1. The fourth-order valence-corrected chi connectivity index (χ4v) is 4.15. The number of H-pyrrole nitrogens is 1. The van der Waals surface area contributed by atoms with E-state index in [0.717, 1.165) is 0 Å². The van der Waals surface area contributed by atoms with Gasteiger partial charge in [-0.3, -0.25) is 4.98 Å². The summed E-state index contributed by atoms with van der Waals surface area (Å²) in [6.45, 7) is 1.55. The number of imidazole rings is 1. The maximum absolute atomic E-state index is 12.1. The van der Waals surface area contributed by atoms with Gasteiger partial charge in [0.25, 0.3) is 0 Å². The van der Waals surface area contributed by atoms with Crippen LogP contribution in [-0.2, 0) is 9.84 Å². The second-order valence-corrected chi connectivity index (χ2v) is 9.74. The van der Waals surface area contributed by atoms with Crippen LogP contribution in [0.25, 0.3) is 22.6 Å². The largest absolute Gasteiger partial charge is 0.452 e. The van der Waals surface area contributed by atoms with Crippen LogP contribution in [0.3, 0.4) is 0 Å². The second kappa shape index (κ2) is 9.44. The molecule has 1 N–H and O–H groups in total. The molecule has 178 valence electrons. The van der Waals surface area contributed by atoms with Gasteiger partial charge in [-0.1, -0.05) is 13.0 Å². The highest BCUT2D eigenvalue weighted by atomic mass is 32.2. The predicted molar refractivity (Wildman–Crippen MR) is 130 cm³/mol. The molecule has 0 bridgehead atoms. The molecule has 0 amide bonds. The lowest BCUT2D eigenvalue weighted by molar-refractivity contribution is 0.416. The fourth-order valence-electron chi connectivity index (χ4n) is 3.36. The molecule has 0 aliphatic heterocycles. The van der Waals surface area contributed by atoms with Crippen molar-refractivity contribution in [3.8, 4) is 40.6 Å². The van der Waals surface area contributed by atoms with Crippen LogP contribution in [0, 0.1) is 11.3 Å². The van der Waals surface area contributed by atoms with Crippen LogP contribution in [0.1, 0.15) is 12.6 Å². The topological polar surface area (TPSA) is 144 Å². The number of sulfone groups is 1. The van der Waals surface area contributed by atoms with E-state index in [1.165, 1.54) is 24.5 Å². The van der Waals surface area contributed by atoms with E-state index in [0.29, 0.717) is 34.1 Å². The average molecular weight is 499 g/mol. The van der Waals surface area contributed by atoms with Gasteiger partial charge in [-0.2, -0.15) is 5.26 Å². The Hall–Kier alpha value is -4.82. The molecule has 4 aromatic heterocycles. The minimum Gasteiger partial charge on any atom is -0.452 e. The third-order valence-corrected chi connectivity index (χ3v) is 6.83. The Morgan fingerprint density at radius 1 is 0.944 bits per heavy atom. The molecule has 36 heavy (non-hydrogen) atoms. The third-order valence-electron chi connectivity index (χ3n) is 5.19. The first-order valence-electron chi connectivity index (χ1n) is 10.8. The minimum absolute atomic E-state index is 0.0353. The van der Waals surface area contributed by atoms with Crippen molar-refractivity contribution < 1.29 is 17.9 Å². The van der Waals surface area contributed by atoms with Crippen molar-refractivity contribution in [1.82, 2.24) is 24.9 Å². The van der Waals surface area contributed by atoms with E-state index >= 15 is 0 Å². The number of rotatable bonds is 7. The molecule has 10 nitrogen and oxygen atoms in total. The van der Waals surface area contributed by atoms with E-state index in [9.17, 15) is 13.7 Å². The molecule has 11 heteroatoms. The van der Waals surface area contributed by atoms with Crippen LogP contribution >= 0.6 is 0 Å². The summed E-state index contributed by atoms with van der Waals surface area (Å²) in [5.74, 6) is 1.61. The van der Waals surface area contributed by atoms with Crippen molar-refractivity contribution in [2.24, 2.45) is 0 Å². The Balaban J connectivity index is 1.57. The molecule has 5 aromatic rings. The Labute approximate surface area is 206 Å². The van der Waals surface area contributed by atoms with E-state index in [1.54, 1.807) is 37.4 Å². The summed E-state index contributed by atoms with van der Waals surface area (Å²) < 4.78 is 36.2. The predicted octanol–water partition coefficient (Wildman–Crippen LogP) is 4.66. The Morgan fingerprint density at radius 2 is 1.78 bits per heavy atom. The standard InChI is InChI=1S/C25H18N6O4S/c1-2-36(32,33)24-9-8-16(15-29-24)34-22-12-18-19(31-25(30-18)17-6-3-4-10-27-17)13-23(22)35-21-7-5-11-28-20(21)14-26/h3-13,15H,2H2,1H3,(H,30,31). The van der Waals surface area contributed by atoms with Gasteiger partial charge in [-0.15, -0.1) is 0 Å². The number of nitrogens with one attached hydrogen (secondary N) is 1. The van der Waals surface area contributed by atoms with Crippen LogP contribution in [0.15, 0.2) is 78.2 Å². The molecular weight excluding hydrogens is 480 g/mol. The van der Waals surface area contributed by atoms with Crippen LogP contribution < -0.4 is 9.47 Å². The van der Waals surface area contributed by atoms with Crippen molar-refractivity contribution >= 4 is 20.9 Å². The molecule has 0 fully saturated rings. The number of pyridine rings is 3. The van der Waals surface area contributed by atoms with E-state index in [1.807, 2.05) is 24.3 Å². The van der Waals surface area contributed by atoms with Crippen LogP contribution in [0.2, 0.25) is 0 Å². The highest BCUT2D eigenvalue weighted by Gasteiger charge is 2.17. The summed E-state index contributed by atoms with van der Waals surface area (Å²) in [4.78, 5) is 20.2. The Morgan fingerprint density at radius 3 is 2.50 bits per heavy atom. The molecule has 5 rings (SSSR count). The lowest BCUT2D eigenvalue weighted by atomic mass is 10.2. The summed E-state index contributed by atoms with van der Waals surface area (Å²) in [6.07, 6.45) is 4.50. The molecule has 0 radical (unpaired) electrons. The monoisotopic (exact) mass is 498 g/mol. The summed E-state index contributed by atoms with van der Waals surface area (Å²) in [5, 5.41) is 9.37. The van der Waals surface area contributed by atoms with Gasteiger partial charge >= 0.3 is 0 Å². The number of aromatic nitrogens is 5. The molecule has 0 unspecified atom stereocenters. The van der Waals surface area contributed by atoms with E-state index < -0.39 is 9.84 Å². The van der Waals surface area contributed by atoms with E-state index in [4.69, 9.17) is 9.47 Å². The molecule has 0 aliphatic rings. The molecule has 0 atom stereocenters. The number of nitrogens with zero attached hydrogens (tertiary/aromatic N) is 5. The highest BCUT2D eigenvalue weighted by molar-refractivity contribution is 7.91. The number of benzene rings is 1. The molecule has 0 aliphatic carbocycles. The quantitative estimate of drug-likeness (QED) is 0.338. The van der Waals surface area contributed by atoms with Crippen LogP contribution in [0.4, 0.5) is 0 Å². The zero-order valence-corrected chi connectivity index (χ0v) is 19.7. The van der Waals surface area contributed by atoms with Crippen LogP contribution in [-0.4, -0.2) is 39.1 Å². The number of aromatic amines is 1. The van der Waals surface area contributed by atoms with Crippen molar-refractivity contribution in [3.05, 3.63) is 78.9 Å². The van der Waals surface area contributed by atoms with Crippen molar-refractivity contribution in [2.75, 3.05) is 5.75 Å². The fraction of sp³-hybridized carbons (Fsp3) is 0.0800. The maximum Gasteiger partial charge on any atom is 0.195 e. The van der Waals surface area contributed by atoms with Gasteiger partial charge < -0.3 is 14.5 Å². The minimum atomic E-state index is -3.44. The lowest BCUT2D eigenvalue weighted by Gasteiger charge is -2.13. The Bertz CT molecular complexity index is 1690. The van der Waals surface area contributed by atoms with Gasteiger partial charge in [-0.05, 0) is 36.4 Å². The van der Waals surface area contributed by atoms with Crippen molar-refractivity contribution in [3.63, 3.8) is 0 Å². The van der Waals surface area contributed by atoms with Gasteiger partial charge in [0.2, 0.25) is 0 Å². The molecule has 0 spiro atoms. The summed E-state index contributed by atoms with van der Waals surface area (Å²) >= 11 is 0. The molecular formula is C25H18N6O4S. The smallest absolute Gasteiger partial charge is 0.195 e. The normalized spacial score (nSPS) is 11.2. The Kier molecular flexibility index (Phi) is 6.02. The average Bonchev–Trinajstić information content (AvgIpc) is 3.33. The summed E-state index contributed by atoms with van der Waals surface area (Å²) in [7, 11) is -3.44. The van der Waals surface area contributed by atoms with Gasteiger partial charge in [0.1, 0.15) is 17.5 Å². The summed E-state index contributed by atoms with van der Waals surface area (Å²) in [5.41, 5.74) is 2.01. The van der Waals surface area contributed by atoms with E-state index in [2.05, 4.69) is 24.9 Å². The van der Waals surface area contributed by atoms with Crippen LogP contribution in [0.5, 0.6) is 23.0 Å². The molecule has 4 heterocycles. The first-order chi connectivity index (χ1) is 17.5. The number of ether oxygens (including phenoxy) is 2. The SMILES string of the molecule is CCS(=O)(=O)c1ccc(Oc2cc3[nH]c(-c4ccccn4)nc3cc2Oc2cccnc2C#N)cn1. The third kappa shape index (κ3) is 4.57. The lowest BCUT2D eigenvalue weighted by Crippen LogP contribution is -2.05. The molecule has 0 saturated carbocycles. The van der Waals surface area contributed by atoms with Crippen molar-refractivity contribution in [2.45, 2.75) is 11.9 Å². The molecule has 1 aromatic carbocycles. The first-order valence-corrected chi connectivity index (χ1v) is 12.5. The number of hydrogen-bond acceptors (Lipinski definition) is 9. The second-order valence-electron chi connectivity index (χ2n) is 7.52. The number of hydrogen-bond donors (Lipinski definition) is 1. The van der Waals surface area contributed by atoms with Gasteiger partial charge in [0, 0.05) is 24.5 Å². The highest BCUT2D eigenvalue weighted by Crippen LogP contribution is 2.39. The maximum atomic E-state index is 12.1. The van der Waals surface area contributed by atoms with Crippen molar-refractivity contribution in [1.29, 1.82) is 5.26 Å².